The molecule has 2 aromatic heterocycles. The molecule has 3 heterocycles. The van der Waals surface area contributed by atoms with Gasteiger partial charge in [-0.15, -0.1) is 0 Å². The molecular formula is C26H30N4O6S. The summed E-state index contributed by atoms with van der Waals surface area (Å²) in [5.41, 5.74) is 0.485. The first-order valence-corrected chi connectivity index (χ1v) is 13.3. The topological polar surface area (TPSA) is 139 Å². The zero-order chi connectivity index (χ0) is 29.3. The van der Waals surface area contributed by atoms with Gasteiger partial charge in [0.15, 0.2) is 16.6 Å². The summed E-state index contributed by atoms with van der Waals surface area (Å²) in [7, 11) is -4.53. The van der Waals surface area contributed by atoms with E-state index in [1.54, 1.807) is 24.3 Å². The number of amides is 2. The number of hydrogen-bond donors (Lipinski definition) is 2. The maximum Gasteiger partial charge on any atom is 0.287 e. The number of nitrogens with zero attached hydrogens (tertiary/aromatic N) is 2. The lowest BCUT2D eigenvalue weighted by molar-refractivity contribution is -0.129. The van der Waals surface area contributed by atoms with Crippen LogP contribution in [0.15, 0.2) is 64.2 Å². The quantitative estimate of drug-likeness (QED) is 0.457. The second kappa shape index (κ2) is 11.2. The maximum absolute atomic E-state index is 13.4. The first-order valence-electron chi connectivity index (χ1n) is 13.4. The van der Waals surface area contributed by atoms with Crippen LogP contribution in [0.5, 0.6) is 0 Å². The number of carbonyl (C=O) groups is 3. The Morgan fingerprint density at radius 2 is 2.00 bits per heavy atom. The Hall–Kier alpha value is -3.57. The van der Waals surface area contributed by atoms with Crippen LogP contribution in [-0.4, -0.2) is 60.4 Å². The third-order valence-corrected chi connectivity index (χ3v) is 7.36. The number of carbonyl (C=O) groups excluding carboxylic acids is 3. The summed E-state index contributed by atoms with van der Waals surface area (Å²) in [4.78, 5) is 43.5. The fourth-order valence-electron chi connectivity index (χ4n) is 3.92. The predicted octanol–water partition coefficient (Wildman–Crippen LogP) is 2.51. The van der Waals surface area contributed by atoms with Crippen LogP contribution in [0.1, 0.15) is 47.8 Å². The van der Waals surface area contributed by atoms with Gasteiger partial charge in [-0.25, -0.2) is 13.4 Å². The molecule has 37 heavy (non-hydrogen) atoms. The summed E-state index contributed by atoms with van der Waals surface area (Å²) in [5, 5.41) is 5.14. The van der Waals surface area contributed by atoms with Crippen molar-refractivity contribution in [3.8, 4) is 0 Å². The molecule has 1 fully saturated rings. The van der Waals surface area contributed by atoms with E-state index in [0.29, 0.717) is 15.3 Å². The lowest BCUT2D eigenvalue weighted by Gasteiger charge is -2.23. The van der Waals surface area contributed by atoms with E-state index in [0.717, 1.165) is 0 Å². The minimum Gasteiger partial charge on any atom is -0.451 e. The third-order valence-electron chi connectivity index (χ3n) is 5.73. The second-order valence-electron chi connectivity index (χ2n) is 9.06. The van der Waals surface area contributed by atoms with Crippen molar-refractivity contribution >= 4 is 38.6 Å². The van der Waals surface area contributed by atoms with Crippen molar-refractivity contribution in [2.75, 3.05) is 13.0 Å². The monoisotopic (exact) mass is 529 g/mol. The summed E-state index contributed by atoms with van der Waals surface area (Å²) in [5.74, 6) is -3.11. The average Bonchev–Trinajstić information content (AvgIpc) is 3.31. The standard InChI is InChI=1S/C26H30N4O6S/c1-17(2)14-20(29-26(33)23-15-18-8-3-4-10-22(18)36-23)25(32)28-19-9-7-13-30(16-21(19)31)37(34,35)24-11-5-6-12-27-24/h3-6,8,10-12,15,17,19-20H,7,9,13-14,16H2,1-2H3,(H,28,32)(H,29,33)/t19-,20+/m1/s1/i16D2,19D. The number of benzene rings is 1. The van der Waals surface area contributed by atoms with Gasteiger partial charge in [0.2, 0.25) is 5.91 Å². The van der Waals surface area contributed by atoms with Gasteiger partial charge in [0.25, 0.3) is 15.9 Å². The van der Waals surface area contributed by atoms with Crippen molar-refractivity contribution in [3.05, 3.63) is 60.5 Å². The number of para-hydroxylation sites is 1. The smallest absolute Gasteiger partial charge is 0.287 e. The zero-order valence-corrected chi connectivity index (χ0v) is 21.2. The Morgan fingerprint density at radius 1 is 1.24 bits per heavy atom. The van der Waals surface area contributed by atoms with Crippen LogP contribution < -0.4 is 10.6 Å². The van der Waals surface area contributed by atoms with Gasteiger partial charge in [-0.1, -0.05) is 38.1 Å². The van der Waals surface area contributed by atoms with Crippen molar-refractivity contribution in [1.82, 2.24) is 19.9 Å². The van der Waals surface area contributed by atoms with E-state index in [-0.39, 0.29) is 30.9 Å². The Labute approximate surface area is 219 Å². The van der Waals surface area contributed by atoms with Crippen LogP contribution in [-0.2, 0) is 19.6 Å². The van der Waals surface area contributed by atoms with Gasteiger partial charge < -0.3 is 15.1 Å². The molecule has 1 aromatic carbocycles. The Balaban J connectivity index is 1.56. The molecular weight excluding hydrogens is 496 g/mol. The Morgan fingerprint density at radius 3 is 2.70 bits per heavy atom. The van der Waals surface area contributed by atoms with E-state index in [2.05, 4.69) is 15.6 Å². The summed E-state index contributed by atoms with van der Waals surface area (Å²) in [6.45, 7) is 0.0685. The van der Waals surface area contributed by atoms with Gasteiger partial charge in [-0.2, -0.15) is 4.31 Å². The van der Waals surface area contributed by atoms with Crippen molar-refractivity contribution in [3.63, 3.8) is 0 Å². The number of pyridine rings is 1. The first kappa shape index (κ1) is 22.6. The van der Waals surface area contributed by atoms with E-state index in [4.69, 9.17) is 8.53 Å². The molecule has 1 aliphatic heterocycles. The second-order valence-corrected chi connectivity index (χ2v) is 10.9. The highest BCUT2D eigenvalue weighted by atomic mass is 32.2. The third kappa shape index (κ3) is 6.23. The first-order chi connectivity index (χ1) is 18.8. The van der Waals surface area contributed by atoms with Crippen molar-refractivity contribution in [1.29, 1.82) is 0 Å². The van der Waals surface area contributed by atoms with Crippen molar-refractivity contribution in [2.45, 2.75) is 50.2 Å². The summed E-state index contributed by atoms with van der Waals surface area (Å²) >= 11 is 0. The lowest BCUT2D eigenvalue weighted by Crippen LogP contribution is -2.52. The van der Waals surface area contributed by atoms with Crippen LogP contribution in [0.3, 0.4) is 0 Å². The number of fused-ring (bicyclic) bond motifs is 1. The number of nitrogens with one attached hydrogen (secondary N) is 2. The molecule has 2 amide bonds. The number of sulfonamides is 1. The highest BCUT2D eigenvalue weighted by Crippen LogP contribution is 2.20. The van der Waals surface area contributed by atoms with E-state index < -0.39 is 57.7 Å². The molecule has 0 bridgehead atoms. The molecule has 1 aliphatic rings. The molecule has 0 spiro atoms. The van der Waals surface area contributed by atoms with Crippen LogP contribution in [0, 0.1) is 5.92 Å². The number of hydrogen-bond acceptors (Lipinski definition) is 7. The number of aromatic nitrogens is 1. The van der Waals surface area contributed by atoms with Crippen LogP contribution >= 0.6 is 0 Å². The van der Waals surface area contributed by atoms with Gasteiger partial charge in [-0.3, -0.25) is 14.4 Å². The molecule has 0 aliphatic carbocycles. The molecule has 196 valence electrons. The predicted molar refractivity (Wildman–Crippen MR) is 136 cm³/mol. The highest BCUT2D eigenvalue weighted by Gasteiger charge is 2.35. The number of ketones is 1. The molecule has 0 unspecified atom stereocenters. The highest BCUT2D eigenvalue weighted by molar-refractivity contribution is 7.89. The van der Waals surface area contributed by atoms with E-state index in [1.807, 2.05) is 13.8 Å². The Bertz CT molecular complexity index is 1500. The van der Waals surface area contributed by atoms with Gasteiger partial charge in [0.05, 0.1) is 16.6 Å². The van der Waals surface area contributed by atoms with Gasteiger partial charge in [0.1, 0.15) is 11.6 Å². The number of furan rings is 1. The van der Waals surface area contributed by atoms with E-state index >= 15 is 0 Å². The van der Waals surface area contributed by atoms with Gasteiger partial charge >= 0.3 is 0 Å². The average molecular weight is 530 g/mol. The van der Waals surface area contributed by atoms with Gasteiger partial charge in [0, 0.05) is 18.1 Å². The lowest BCUT2D eigenvalue weighted by atomic mass is 10.0. The SMILES string of the molecule is [2H]C1([2H])C(=O)[C@]([2H])(NC(=O)[C@H](CC(C)C)NC(=O)c2cc3ccccc3o2)CCCN1S(=O)(=O)c1ccccn1. The molecule has 4 rings (SSSR count). The van der Waals surface area contributed by atoms with E-state index in [1.165, 1.54) is 30.5 Å². The Kier molecular flexibility index (Phi) is 6.86. The van der Waals surface area contributed by atoms with Gasteiger partial charge in [-0.05, 0) is 49.4 Å². The minimum absolute atomic E-state index is 0.0272. The summed E-state index contributed by atoms with van der Waals surface area (Å²) in [6, 6.07) is 8.93. The normalized spacial score (nSPS) is 22.5. The molecule has 1 saturated heterocycles. The molecule has 3 aromatic rings. The van der Waals surface area contributed by atoms with Crippen molar-refractivity contribution < 1.29 is 31.3 Å². The fraction of sp³-hybridized carbons (Fsp3) is 0.385. The maximum atomic E-state index is 13.4. The molecule has 0 saturated carbocycles. The van der Waals surface area contributed by atoms with Crippen LogP contribution in [0.2, 0.25) is 0 Å². The molecule has 11 heteroatoms. The summed E-state index contributed by atoms with van der Waals surface area (Å²) in [6.07, 6.45) is 0.930. The van der Waals surface area contributed by atoms with Crippen LogP contribution in [0.25, 0.3) is 11.0 Å². The number of rotatable bonds is 8. The van der Waals surface area contributed by atoms with Crippen molar-refractivity contribution in [2.24, 2.45) is 5.92 Å². The molecule has 2 atom stereocenters. The minimum atomic E-state index is -4.53. The number of Topliss-reactive ketones (excluding diaryl/α,β-unsaturated/α-hetero) is 1. The zero-order valence-electron chi connectivity index (χ0n) is 23.4. The molecule has 10 nitrogen and oxygen atoms in total. The van der Waals surface area contributed by atoms with E-state index in [9.17, 15) is 22.8 Å². The largest absolute Gasteiger partial charge is 0.451 e. The fourth-order valence-corrected chi connectivity index (χ4v) is 5.17. The molecule has 2 N–H and O–H groups in total. The molecule has 0 radical (unpaired) electrons. The summed E-state index contributed by atoms with van der Waals surface area (Å²) < 4.78 is 57.8. The van der Waals surface area contributed by atoms with Crippen LogP contribution in [0.4, 0.5) is 0 Å².